The number of carbonyl (C=O) groups is 1. The fourth-order valence-electron chi connectivity index (χ4n) is 7.14. The lowest BCUT2D eigenvalue weighted by atomic mass is 9.58. The van der Waals surface area contributed by atoms with E-state index in [0.717, 1.165) is 63.4 Å². The fourth-order valence-corrected chi connectivity index (χ4v) is 7.50. The van der Waals surface area contributed by atoms with Crippen LogP contribution in [-0.4, -0.2) is 16.4 Å². The number of pyridine rings is 1. The largest absolute Gasteiger partial charge is 0.347 e. The lowest BCUT2D eigenvalue weighted by Crippen LogP contribution is -2.56. The van der Waals surface area contributed by atoms with Gasteiger partial charge in [-0.3, -0.25) is 4.79 Å². The highest BCUT2D eigenvalue weighted by molar-refractivity contribution is 9.10. The zero-order valence-corrected chi connectivity index (χ0v) is 23.0. The van der Waals surface area contributed by atoms with Crippen LogP contribution in [0.5, 0.6) is 0 Å². The zero-order valence-electron chi connectivity index (χ0n) is 21.5. The normalized spacial score (nSPS) is 23.6. The van der Waals surface area contributed by atoms with Gasteiger partial charge in [0.1, 0.15) is 0 Å². The second-order valence-corrected chi connectivity index (χ2v) is 12.8. The molecule has 1 amide bonds. The maximum Gasteiger partial charge on any atom is 0.252 e. The third kappa shape index (κ3) is 3.67. The van der Waals surface area contributed by atoms with E-state index in [-0.39, 0.29) is 11.4 Å². The van der Waals surface area contributed by atoms with Crippen LogP contribution in [0.25, 0.3) is 33.3 Å². The van der Waals surface area contributed by atoms with Crippen LogP contribution < -0.4 is 5.32 Å². The van der Waals surface area contributed by atoms with Crippen molar-refractivity contribution < 1.29 is 4.79 Å². The summed E-state index contributed by atoms with van der Waals surface area (Å²) in [5.74, 6) is 0.0442. The van der Waals surface area contributed by atoms with E-state index in [2.05, 4.69) is 83.6 Å². The van der Waals surface area contributed by atoms with E-state index in [9.17, 15) is 4.79 Å². The van der Waals surface area contributed by atoms with Crippen molar-refractivity contribution in [1.29, 1.82) is 0 Å². The summed E-state index contributed by atoms with van der Waals surface area (Å²) in [6.07, 6.45) is 7.79. The van der Waals surface area contributed by atoms with E-state index < -0.39 is 0 Å². The Morgan fingerprint density at radius 2 is 1.59 bits per heavy atom. The highest BCUT2D eigenvalue weighted by atomic mass is 79.9. The van der Waals surface area contributed by atoms with Gasteiger partial charge in [0.25, 0.3) is 5.91 Å². The number of rotatable bonds is 3. The molecule has 2 bridgehead atoms. The molecule has 3 nitrogen and oxygen atoms in total. The third-order valence-electron chi connectivity index (χ3n) is 9.49. The first-order valence-electron chi connectivity index (χ1n) is 13.5. The Hall–Kier alpha value is -2.98. The molecule has 3 fully saturated rings. The van der Waals surface area contributed by atoms with Crippen LogP contribution in [0, 0.1) is 12.3 Å². The van der Waals surface area contributed by atoms with E-state index in [1.807, 2.05) is 12.1 Å². The first-order chi connectivity index (χ1) is 17.8. The first kappa shape index (κ1) is 23.2. The second kappa shape index (κ2) is 8.26. The maximum absolute atomic E-state index is 14.2. The van der Waals surface area contributed by atoms with Crippen LogP contribution in [-0.2, 0) is 6.42 Å². The van der Waals surface area contributed by atoms with Gasteiger partial charge in [-0.15, -0.1) is 0 Å². The monoisotopic (exact) mass is 550 g/mol. The predicted molar refractivity (Wildman–Crippen MR) is 154 cm³/mol. The number of aromatic nitrogens is 1. The van der Waals surface area contributed by atoms with Gasteiger partial charge in [0.05, 0.1) is 16.8 Å². The van der Waals surface area contributed by atoms with Crippen molar-refractivity contribution in [2.45, 2.75) is 64.3 Å². The van der Waals surface area contributed by atoms with Crippen molar-refractivity contribution in [2.24, 2.45) is 5.41 Å². The van der Waals surface area contributed by atoms with Crippen LogP contribution in [0.1, 0.15) is 72.5 Å². The van der Waals surface area contributed by atoms with Crippen molar-refractivity contribution in [3.63, 3.8) is 0 Å². The van der Waals surface area contributed by atoms with Crippen molar-refractivity contribution in [2.75, 3.05) is 0 Å². The molecule has 0 radical (unpaired) electrons. The summed E-state index contributed by atoms with van der Waals surface area (Å²) >= 11 is 3.64. The summed E-state index contributed by atoms with van der Waals surface area (Å²) in [5, 5.41) is 4.48. The first-order valence-corrected chi connectivity index (χ1v) is 14.3. The van der Waals surface area contributed by atoms with E-state index in [4.69, 9.17) is 4.98 Å². The SMILES string of the molecule is Cc1c(-c2cccc3c2-c2ccccc2C3)nc2ccc(Br)cc2c1C(=O)NC12CCC(C)(CC1)CC2. The molecule has 1 aromatic heterocycles. The Morgan fingerprint density at radius 3 is 2.38 bits per heavy atom. The molecule has 3 aromatic carbocycles. The van der Waals surface area contributed by atoms with Gasteiger partial charge >= 0.3 is 0 Å². The Labute approximate surface area is 226 Å². The minimum absolute atomic E-state index is 0.0442. The molecule has 8 rings (SSSR count). The molecule has 186 valence electrons. The Morgan fingerprint density at radius 1 is 0.892 bits per heavy atom. The lowest BCUT2D eigenvalue weighted by Gasteiger charge is -2.52. The van der Waals surface area contributed by atoms with Crippen LogP contribution in [0.3, 0.4) is 0 Å². The van der Waals surface area contributed by atoms with Crippen molar-refractivity contribution in [3.8, 4) is 22.4 Å². The number of hydrogen-bond acceptors (Lipinski definition) is 2. The molecule has 37 heavy (non-hydrogen) atoms. The molecule has 4 heteroatoms. The second-order valence-electron chi connectivity index (χ2n) is 11.8. The van der Waals surface area contributed by atoms with Crippen molar-refractivity contribution in [3.05, 3.63) is 87.4 Å². The summed E-state index contributed by atoms with van der Waals surface area (Å²) in [6.45, 7) is 4.49. The lowest BCUT2D eigenvalue weighted by molar-refractivity contribution is 0.0339. The number of halogens is 1. The quantitative estimate of drug-likeness (QED) is 0.245. The van der Waals surface area contributed by atoms with Gasteiger partial charge in [-0.1, -0.05) is 65.3 Å². The summed E-state index contributed by atoms with van der Waals surface area (Å²) in [5.41, 5.74) is 10.2. The number of fused-ring (bicyclic) bond motifs is 7. The van der Waals surface area contributed by atoms with Gasteiger partial charge in [-0.05, 0) is 103 Å². The molecule has 0 unspecified atom stereocenters. The molecule has 0 saturated heterocycles. The average molecular weight is 552 g/mol. The van der Waals surface area contributed by atoms with E-state index in [1.54, 1.807) is 0 Å². The predicted octanol–water partition coefficient (Wildman–Crippen LogP) is 8.39. The summed E-state index contributed by atoms with van der Waals surface area (Å²) in [7, 11) is 0. The number of nitrogens with zero attached hydrogens (tertiary/aromatic N) is 1. The smallest absolute Gasteiger partial charge is 0.252 e. The molecular weight excluding hydrogens is 520 g/mol. The number of amides is 1. The number of hydrogen-bond donors (Lipinski definition) is 1. The minimum atomic E-state index is -0.0734. The van der Waals surface area contributed by atoms with Crippen molar-refractivity contribution in [1.82, 2.24) is 10.3 Å². The van der Waals surface area contributed by atoms with Crippen LogP contribution in [0.4, 0.5) is 0 Å². The van der Waals surface area contributed by atoms with Crippen LogP contribution >= 0.6 is 15.9 Å². The molecule has 4 aromatic rings. The molecular formula is C33H31BrN2O. The van der Waals surface area contributed by atoms with Gasteiger partial charge in [0.2, 0.25) is 0 Å². The topological polar surface area (TPSA) is 42.0 Å². The molecule has 1 heterocycles. The van der Waals surface area contributed by atoms with Gasteiger partial charge in [0, 0.05) is 21.0 Å². The van der Waals surface area contributed by atoms with Gasteiger partial charge < -0.3 is 5.32 Å². The molecule has 0 spiro atoms. The van der Waals surface area contributed by atoms with Gasteiger partial charge in [0.15, 0.2) is 0 Å². The Kier molecular flexibility index (Phi) is 5.17. The Balaban J connectivity index is 1.39. The molecule has 4 aliphatic rings. The number of nitrogens with one attached hydrogen (secondary N) is 1. The van der Waals surface area contributed by atoms with Gasteiger partial charge in [-0.25, -0.2) is 4.98 Å². The Bertz CT molecular complexity index is 1580. The number of carbonyl (C=O) groups excluding carboxylic acids is 1. The number of benzene rings is 3. The van der Waals surface area contributed by atoms with E-state index >= 15 is 0 Å². The van der Waals surface area contributed by atoms with Crippen molar-refractivity contribution >= 4 is 32.7 Å². The average Bonchev–Trinajstić information content (AvgIpc) is 3.28. The standard InChI is InChI=1S/C33H31BrN2O/c1-20-28(31(37)36-33-15-12-32(2,13-16-33)14-17-33)26-19-23(34)10-11-27(26)35-30(20)25-9-5-7-22-18-21-6-3-4-8-24(21)29(22)25/h3-11,19H,12-18H2,1-2H3,(H,36,37). The maximum atomic E-state index is 14.2. The molecule has 0 atom stereocenters. The molecule has 3 saturated carbocycles. The zero-order chi connectivity index (χ0) is 25.4. The molecule has 0 aliphatic heterocycles. The van der Waals surface area contributed by atoms with Crippen LogP contribution in [0.2, 0.25) is 0 Å². The van der Waals surface area contributed by atoms with Crippen LogP contribution in [0.15, 0.2) is 65.1 Å². The van der Waals surface area contributed by atoms with E-state index in [1.165, 1.54) is 41.5 Å². The fraction of sp³-hybridized carbons (Fsp3) is 0.333. The minimum Gasteiger partial charge on any atom is -0.347 e. The summed E-state index contributed by atoms with van der Waals surface area (Å²) in [4.78, 5) is 19.4. The summed E-state index contributed by atoms with van der Waals surface area (Å²) in [6, 6.07) is 21.3. The molecule has 1 N–H and O–H groups in total. The van der Waals surface area contributed by atoms with E-state index in [0.29, 0.717) is 5.41 Å². The molecule has 4 aliphatic carbocycles. The summed E-state index contributed by atoms with van der Waals surface area (Å²) < 4.78 is 0.960. The highest BCUT2D eigenvalue weighted by Crippen LogP contribution is 2.52. The van der Waals surface area contributed by atoms with Gasteiger partial charge in [-0.2, -0.15) is 0 Å². The highest BCUT2D eigenvalue weighted by Gasteiger charge is 2.47. The third-order valence-corrected chi connectivity index (χ3v) is 9.98.